The first kappa shape index (κ1) is 11.1. The Morgan fingerprint density at radius 2 is 2.12 bits per heavy atom. The molecule has 2 rings (SSSR count). The third kappa shape index (κ3) is 2.42. The summed E-state index contributed by atoms with van der Waals surface area (Å²) in [7, 11) is 0. The number of carbonyl (C=O) groups excluding carboxylic acids is 1. The van der Waals surface area contributed by atoms with Gasteiger partial charge in [-0.25, -0.2) is 0 Å². The molecule has 1 aromatic rings. The van der Waals surface area contributed by atoms with Crippen molar-refractivity contribution >= 4 is 5.97 Å². The molecule has 1 atom stereocenters. The number of benzene rings is 1. The summed E-state index contributed by atoms with van der Waals surface area (Å²) in [5, 5.41) is 0. The zero-order chi connectivity index (χ0) is 11.4. The van der Waals surface area contributed by atoms with Crippen molar-refractivity contribution in [3.05, 3.63) is 35.9 Å². The Labute approximate surface area is 95.4 Å². The van der Waals surface area contributed by atoms with Gasteiger partial charge in [-0.2, -0.15) is 0 Å². The number of esters is 1. The largest absolute Gasteiger partial charge is 0.457 e. The lowest BCUT2D eigenvalue weighted by Gasteiger charge is -2.27. The second kappa shape index (κ2) is 5.12. The SMILES string of the molecule is CC[C@H](C(=O)OC1COC1)c1ccccc1. The minimum absolute atomic E-state index is 0.0368. The normalized spacial score (nSPS) is 17.6. The Balaban J connectivity index is 2.01. The van der Waals surface area contributed by atoms with E-state index in [-0.39, 0.29) is 18.0 Å². The highest BCUT2D eigenvalue weighted by molar-refractivity contribution is 5.78. The predicted octanol–water partition coefficient (Wildman–Crippen LogP) is 2.12. The van der Waals surface area contributed by atoms with E-state index in [1.54, 1.807) is 0 Å². The molecule has 0 N–H and O–H groups in total. The molecule has 0 aliphatic carbocycles. The van der Waals surface area contributed by atoms with Crippen LogP contribution >= 0.6 is 0 Å². The Kier molecular flexibility index (Phi) is 3.57. The number of ether oxygens (including phenoxy) is 2. The van der Waals surface area contributed by atoms with Gasteiger partial charge in [0.1, 0.15) is 6.10 Å². The summed E-state index contributed by atoms with van der Waals surface area (Å²) in [5.74, 6) is -0.288. The van der Waals surface area contributed by atoms with Crippen LogP contribution < -0.4 is 0 Å². The van der Waals surface area contributed by atoms with E-state index in [0.29, 0.717) is 13.2 Å². The zero-order valence-electron chi connectivity index (χ0n) is 9.39. The molecule has 1 aliphatic heterocycles. The minimum Gasteiger partial charge on any atom is -0.457 e. The molecule has 0 bridgehead atoms. The van der Waals surface area contributed by atoms with E-state index >= 15 is 0 Å². The zero-order valence-corrected chi connectivity index (χ0v) is 9.39. The Morgan fingerprint density at radius 1 is 1.44 bits per heavy atom. The first-order valence-corrected chi connectivity index (χ1v) is 5.64. The molecule has 16 heavy (non-hydrogen) atoms. The highest BCUT2D eigenvalue weighted by Gasteiger charge is 2.27. The molecule has 1 saturated heterocycles. The van der Waals surface area contributed by atoms with Gasteiger partial charge in [0.15, 0.2) is 0 Å². The fourth-order valence-corrected chi connectivity index (χ4v) is 1.75. The third-order valence-corrected chi connectivity index (χ3v) is 2.79. The number of rotatable bonds is 4. The quantitative estimate of drug-likeness (QED) is 0.729. The van der Waals surface area contributed by atoms with Crippen LogP contribution in [0.5, 0.6) is 0 Å². The molecular weight excluding hydrogens is 204 g/mol. The smallest absolute Gasteiger partial charge is 0.313 e. The molecule has 0 amide bonds. The van der Waals surface area contributed by atoms with Crippen molar-refractivity contribution < 1.29 is 14.3 Å². The Hall–Kier alpha value is -1.35. The van der Waals surface area contributed by atoms with Gasteiger partial charge in [-0.3, -0.25) is 4.79 Å². The summed E-state index contributed by atoms with van der Waals surface area (Å²) in [6, 6.07) is 9.76. The second-order valence-electron chi connectivity index (χ2n) is 3.97. The van der Waals surface area contributed by atoms with Gasteiger partial charge in [0.25, 0.3) is 0 Å². The molecule has 0 radical (unpaired) electrons. The van der Waals surface area contributed by atoms with Crippen LogP contribution in [0.1, 0.15) is 24.8 Å². The maximum atomic E-state index is 11.9. The van der Waals surface area contributed by atoms with Crippen molar-refractivity contribution in [3.63, 3.8) is 0 Å². The lowest BCUT2D eigenvalue weighted by atomic mass is 9.97. The standard InChI is InChI=1S/C13H16O3/c1-2-12(10-6-4-3-5-7-10)13(14)16-11-8-15-9-11/h3-7,11-12H,2,8-9H2,1H3/t12-/m0/s1. The van der Waals surface area contributed by atoms with Crippen LogP contribution in [0.15, 0.2) is 30.3 Å². The van der Waals surface area contributed by atoms with Crippen molar-refractivity contribution in [2.24, 2.45) is 0 Å². The van der Waals surface area contributed by atoms with E-state index in [1.807, 2.05) is 37.3 Å². The first-order chi connectivity index (χ1) is 7.81. The molecule has 1 fully saturated rings. The van der Waals surface area contributed by atoms with Crippen LogP contribution in [0, 0.1) is 0 Å². The van der Waals surface area contributed by atoms with Gasteiger partial charge >= 0.3 is 5.97 Å². The molecule has 1 heterocycles. The number of hydrogen-bond donors (Lipinski definition) is 0. The summed E-state index contributed by atoms with van der Waals surface area (Å²) in [6.07, 6.45) is 0.724. The van der Waals surface area contributed by atoms with Crippen molar-refractivity contribution in [3.8, 4) is 0 Å². The Bertz CT molecular complexity index is 343. The van der Waals surface area contributed by atoms with Crippen LogP contribution in [0.4, 0.5) is 0 Å². The first-order valence-electron chi connectivity index (χ1n) is 5.64. The maximum absolute atomic E-state index is 11.9. The van der Waals surface area contributed by atoms with Gasteiger partial charge in [-0.1, -0.05) is 37.3 Å². The predicted molar refractivity (Wildman–Crippen MR) is 60.2 cm³/mol. The molecule has 1 aliphatic rings. The average Bonchev–Trinajstić information content (AvgIpc) is 2.26. The van der Waals surface area contributed by atoms with Gasteiger partial charge < -0.3 is 9.47 Å². The van der Waals surface area contributed by atoms with E-state index in [0.717, 1.165) is 12.0 Å². The molecule has 1 aromatic carbocycles. The number of carbonyl (C=O) groups is 1. The van der Waals surface area contributed by atoms with Gasteiger partial charge in [0.05, 0.1) is 19.1 Å². The van der Waals surface area contributed by atoms with Crippen molar-refractivity contribution in [1.29, 1.82) is 0 Å². The third-order valence-electron chi connectivity index (χ3n) is 2.79. The van der Waals surface area contributed by atoms with E-state index in [4.69, 9.17) is 9.47 Å². The molecule has 3 heteroatoms. The van der Waals surface area contributed by atoms with Crippen LogP contribution in [0.25, 0.3) is 0 Å². The summed E-state index contributed by atoms with van der Waals surface area (Å²) in [4.78, 5) is 11.9. The van der Waals surface area contributed by atoms with E-state index in [2.05, 4.69) is 0 Å². The van der Waals surface area contributed by atoms with E-state index < -0.39 is 0 Å². The summed E-state index contributed by atoms with van der Waals surface area (Å²) >= 11 is 0. The average molecular weight is 220 g/mol. The van der Waals surface area contributed by atoms with Crippen molar-refractivity contribution in [2.75, 3.05) is 13.2 Å². The topological polar surface area (TPSA) is 35.5 Å². The van der Waals surface area contributed by atoms with E-state index in [1.165, 1.54) is 0 Å². The maximum Gasteiger partial charge on any atom is 0.313 e. The fraction of sp³-hybridized carbons (Fsp3) is 0.462. The van der Waals surface area contributed by atoms with Gasteiger partial charge in [0, 0.05) is 0 Å². The molecule has 86 valence electrons. The van der Waals surface area contributed by atoms with Crippen molar-refractivity contribution in [2.45, 2.75) is 25.4 Å². The minimum atomic E-state index is -0.151. The van der Waals surface area contributed by atoms with Gasteiger partial charge in [0.2, 0.25) is 0 Å². The summed E-state index contributed by atoms with van der Waals surface area (Å²) in [6.45, 7) is 3.07. The summed E-state index contributed by atoms with van der Waals surface area (Å²) in [5.41, 5.74) is 1.02. The Morgan fingerprint density at radius 3 is 2.62 bits per heavy atom. The van der Waals surface area contributed by atoms with Crippen LogP contribution in [0.2, 0.25) is 0 Å². The van der Waals surface area contributed by atoms with Gasteiger partial charge in [-0.15, -0.1) is 0 Å². The molecule has 3 nitrogen and oxygen atoms in total. The van der Waals surface area contributed by atoms with Crippen LogP contribution in [0.3, 0.4) is 0 Å². The molecule has 0 spiro atoms. The molecule has 0 unspecified atom stereocenters. The van der Waals surface area contributed by atoms with Crippen molar-refractivity contribution in [1.82, 2.24) is 0 Å². The highest BCUT2D eigenvalue weighted by atomic mass is 16.6. The lowest BCUT2D eigenvalue weighted by Crippen LogP contribution is -2.39. The van der Waals surface area contributed by atoms with Gasteiger partial charge in [-0.05, 0) is 12.0 Å². The monoisotopic (exact) mass is 220 g/mol. The van der Waals surface area contributed by atoms with Crippen LogP contribution in [-0.2, 0) is 14.3 Å². The van der Waals surface area contributed by atoms with E-state index in [9.17, 15) is 4.79 Å². The van der Waals surface area contributed by atoms with Crippen LogP contribution in [-0.4, -0.2) is 25.3 Å². The molecule has 0 aromatic heterocycles. The fourth-order valence-electron chi connectivity index (χ4n) is 1.75. The number of hydrogen-bond acceptors (Lipinski definition) is 3. The highest BCUT2D eigenvalue weighted by Crippen LogP contribution is 2.22. The second-order valence-corrected chi connectivity index (χ2v) is 3.97. The summed E-state index contributed by atoms with van der Waals surface area (Å²) < 4.78 is 10.3. The lowest BCUT2D eigenvalue weighted by molar-refractivity contribution is -0.173. The molecule has 0 saturated carbocycles. The molecular formula is C13H16O3.